The maximum atomic E-state index is 12.7. The second-order valence-corrected chi connectivity index (χ2v) is 7.37. The van der Waals surface area contributed by atoms with E-state index in [2.05, 4.69) is 10.2 Å². The van der Waals surface area contributed by atoms with Crippen molar-refractivity contribution in [3.05, 3.63) is 0 Å². The SMILES string of the molecule is CC(C)COC(=O)CC1C(=O)NCCN1C(=O)CN1CCCCCC1. The minimum atomic E-state index is -0.757. The van der Waals surface area contributed by atoms with Crippen molar-refractivity contribution in [2.75, 3.05) is 39.3 Å². The topological polar surface area (TPSA) is 79.0 Å². The van der Waals surface area contributed by atoms with Gasteiger partial charge < -0.3 is 15.0 Å². The van der Waals surface area contributed by atoms with Crippen LogP contribution in [-0.2, 0) is 19.1 Å². The average molecular weight is 353 g/mol. The van der Waals surface area contributed by atoms with Crippen LogP contribution in [0.4, 0.5) is 0 Å². The van der Waals surface area contributed by atoms with E-state index in [1.807, 2.05) is 13.8 Å². The Balaban J connectivity index is 1.93. The van der Waals surface area contributed by atoms with Crippen molar-refractivity contribution in [3.8, 4) is 0 Å². The molecule has 2 heterocycles. The predicted molar refractivity (Wildman–Crippen MR) is 93.8 cm³/mol. The van der Waals surface area contributed by atoms with E-state index < -0.39 is 12.0 Å². The lowest BCUT2D eigenvalue weighted by Crippen LogP contribution is -2.59. The van der Waals surface area contributed by atoms with Gasteiger partial charge in [-0.25, -0.2) is 0 Å². The molecule has 0 aromatic rings. The van der Waals surface area contributed by atoms with E-state index in [0.29, 0.717) is 26.2 Å². The summed E-state index contributed by atoms with van der Waals surface area (Å²) in [5.74, 6) is -0.524. The number of rotatable bonds is 6. The third kappa shape index (κ3) is 6.30. The second-order valence-electron chi connectivity index (χ2n) is 7.37. The van der Waals surface area contributed by atoms with Gasteiger partial charge in [0.25, 0.3) is 0 Å². The molecule has 0 aliphatic carbocycles. The van der Waals surface area contributed by atoms with Crippen molar-refractivity contribution < 1.29 is 19.1 Å². The van der Waals surface area contributed by atoms with Gasteiger partial charge in [-0.1, -0.05) is 26.7 Å². The van der Waals surface area contributed by atoms with Crippen LogP contribution in [0.2, 0.25) is 0 Å². The molecule has 2 amide bonds. The lowest BCUT2D eigenvalue weighted by Gasteiger charge is -2.36. The van der Waals surface area contributed by atoms with Gasteiger partial charge in [0.2, 0.25) is 11.8 Å². The monoisotopic (exact) mass is 353 g/mol. The van der Waals surface area contributed by atoms with Gasteiger partial charge in [0.15, 0.2) is 0 Å². The number of amides is 2. The summed E-state index contributed by atoms with van der Waals surface area (Å²) in [4.78, 5) is 40.7. The number of carbonyl (C=O) groups excluding carboxylic acids is 3. The third-order valence-electron chi connectivity index (χ3n) is 4.65. The Morgan fingerprint density at radius 3 is 2.48 bits per heavy atom. The summed E-state index contributed by atoms with van der Waals surface area (Å²) >= 11 is 0. The normalized spacial score (nSPS) is 22.4. The maximum Gasteiger partial charge on any atom is 0.308 e. The summed E-state index contributed by atoms with van der Waals surface area (Å²) < 4.78 is 5.18. The minimum Gasteiger partial charge on any atom is -0.465 e. The van der Waals surface area contributed by atoms with Crippen molar-refractivity contribution in [1.82, 2.24) is 15.1 Å². The van der Waals surface area contributed by atoms with Crippen LogP contribution in [0.15, 0.2) is 0 Å². The number of nitrogens with zero attached hydrogens (tertiary/aromatic N) is 2. The first-order chi connectivity index (χ1) is 12.0. The zero-order chi connectivity index (χ0) is 18.2. The Morgan fingerprint density at radius 1 is 1.16 bits per heavy atom. The molecule has 1 unspecified atom stereocenters. The third-order valence-corrected chi connectivity index (χ3v) is 4.65. The molecule has 7 nitrogen and oxygen atoms in total. The molecular weight excluding hydrogens is 322 g/mol. The Kier molecular flexibility index (Phi) is 7.68. The molecule has 0 bridgehead atoms. The highest BCUT2D eigenvalue weighted by molar-refractivity contribution is 5.92. The minimum absolute atomic E-state index is 0.0709. The highest BCUT2D eigenvalue weighted by Crippen LogP contribution is 2.14. The number of ether oxygens (including phenoxy) is 1. The van der Waals surface area contributed by atoms with Crippen LogP contribution in [0.5, 0.6) is 0 Å². The van der Waals surface area contributed by atoms with E-state index in [9.17, 15) is 14.4 Å². The molecule has 0 radical (unpaired) electrons. The zero-order valence-corrected chi connectivity index (χ0v) is 15.5. The van der Waals surface area contributed by atoms with Gasteiger partial charge in [0, 0.05) is 13.1 Å². The molecule has 7 heteroatoms. The van der Waals surface area contributed by atoms with Crippen molar-refractivity contribution >= 4 is 17.8 Å². The molecule has 25 heavy (non-hydrogen) atoms. The molecule has 0 aromatic carbocycles. The average Bonchev–Trinajstić information content (AvgIpc) is 2.83. The van der Waals surface area contributed by atoms with Gasteiger partial charge >= 0.3 is 5.97 Å². The standard InChI is InChI=1S/C18H31N3O4/c1-14(2)13-25-17(23)11-15-18(24)19-7-10-21(15)16(22)12-20-8-5-3-4-6-9-20/h14-15H,3-13H2,1-2H3,(H,19,24). The smallest absolute Gasteiger partial charge is 0.308 e. The summed E-state index contributed by atoms with van der Waals surface area (Å²) in [7, 11) is 0. The van der Waals surface area contributed by atoms with Gasteiger partial charge in [-0.15, -0.1) is 0 Å². The number of hydrogen-bond acceptors (Lipinski definition) is 5. The summed E-state index contributed by atoms with van der Waals surface area (Å²) in [5, 5.41) is 2.75. The first-order valence-electron chi connectivity index (χ1n) is 9.42. The first kappa shape index (κ1) is 19.7. The Bertz CT molecular complexity index is 473. The van der Waals surface area contributed by atoms with E-state index in [1.165, 1.54) is 12.8 Å². The van der Waals surface area contributed by atoms with Gasteiger partial charge in [-0.2, -0.15) is 0 Å². The van der Waals surface area contributed by atoms with Gasteiger partial charge in [0.05, 0.1) is 19.6 Å². The number of likely N-dealkylation sites (tertiary alicyclic amines) is 1. The molecule has 2 saturated heterocycles. The Hall–Kier alpha value is -1.63. The summed E-state index contributed by atoms with van der Waals surface area (Å²) in [5.41, 5.74) is 0. The van der Waals surface area contributed by atoms with Crippen LogP contribution < -0.4 is 5.32 Å². The van der Waals surface area contributed by atoms with E-state index in [0.717, 1.165) is 25.9 Å². The Morgan fingerprint density at radius 2 is 1.84 bits per heavy atom. The maximum absolute atomic E-state index is 12.7. The Labute approximate surface area is 150 Å². The lowest BCUT2D eigenvalue weighted by molar-refractivity contribution is -0.152. The summed E-state index contributed by atoms with van der Waals surface area (Å²) in [6, 6.07) is -0.757. The molecule has 0 aromatic heterocycles. The number of hydrogen-bond donors (Lipinski definition) is 1. The molecule has 2 fully saturated rings. The summed E-state index contributed by atoms with van der Waals surface area (Å²) in [6.45, 7) is 7.29. The lowest BCUT2D eigenvalue weighted by atomic mass is 10.1. The molecule has 0 saturated carbocycles. The highest BCUT2D eigenvalue weighted by Gasteiger charge is 2.35. The molecule has 142 valence electrons. The number of esters is 1. The molecule has 1 N–H and O–H groups in total. The van der Waals surface area contributed by atoms with Gasteiger partial charge in [0.1, 0.15) is 6.04 Å². The molecule has 0 spiro atoms. The number of carbonyl (C=O) groups is 3. The van der Waals surface area contributed by atoms with Gasteiger partial charge in [-0.05, 0) is 31.8 Å². The fourth-order valence-corrected chi connectivity index (χ4v) is 3.27. The van der Waals surface area contributed by atoms with Crippen molar-refractivity contribution in [1.29, 1.82) is 0 Å². The van der Waals surface area contributed by atoms with Crippen molar-refractivity contribution in [2.24, 2.45) is 5.92 Å². The van der Waals surface area contributed by atoms with E-state index in [4.69, 9.17) is 4.74 Å². The van der Waals surface area contributed by atoms with Crippen LogP contribution in [0, 0.1) is 5.92 Å². The molecule has 2 rings (SSSR count). The van der Waals surface area contributed by atoms with Crippen LogP contribution in [0.3, 0.4) is 0 Å². The fourth-order valence-electron chi connectivity index (χ4n) is 3.27. The molecule has 2 aliphatic rings. The van der Waals surface area contributed by atoms with E-state index >= 15 is 0 Å². The van der Waals surface area contributed by atoms with Crippen LogP contribution in [-0.4, -0.2) is 73.0 Å². The van der Waals surface area contributed by atoms with Crippen LogP contribution >= 0.6 is 0 Å². The molecule has 2 aliphatic heterocycles. The molecule has 1 atom stereocenters. The summed E-state index contributed by atoms with van der Waals surface area (Å²) in [6.07, 6.45) is 4.56. The van der Waals surface area contributed by atoms with Crippen LogP contribution in [0.25, 0.3) is 0 Å². The second kappa shape index (κ2) is 9.75. The highest BCUT2D eigenvalue weighted by atomic mass is 16.5. The van der Waals surface area contributed by atoms with Crippen molar-refractivity contribution in [3.63, 3.8) is 0 Å². The van der Waals surface area contributed by atoms with Crippen LogP contribution in [0.1, 0.15) is 46.0 Å². The zero-order valence-electron chi connectivity index (χ0n) is 15.5. The van der Waals surface area contributed by atoms with E-state index in [-0.39, 0.29) is 24.2 Å². The van der Waals surface area contributed by atoms with Crippen molar-refractivity contribution in [2.45, 2.75) is 52.0 Å². The predicted octanol–water partition coefficient (Wildman–Crippen LogP) is 0.779. The van der Waals surface area contributed by atoms with E-state index in [1.54, 1.807) is 4.90 Å². The van der Waals surface area contributed by atoms with Gasteiger partial charge in [-0.3, -0.25) is 19.3 Å². The number of piperazine rings is 1. The first-order valence-corrected chi connectivity index (χ1v) is 9.42. The number of nitrogens with one attached hydrogen (secondary N) is 1. The molecular formula is C18H31N3O4. The fraction of sp³-hybridized carbons (Fsp3) is 0.833. The quantitative estimate of drug-likeness (QED) is 0.714. The largest absolute Gasteiger partial charge is 0.465 e.